The third-order valence-corrected chi connectivity index (χ3v) is 4.17. The van der Waals surface area contributed by atoms with Gasteiger partial charge in [-0.05, 0) is 30.7 Å². The van der Waals surface area contributed by atoms with E-state index in [1.807, 2.05) is 11.8 Å². The second-order valence-electron chi connectivity index (χ2n) is 4.50. The third kappa shape index (κ3) is 4.09. The van der Waals surface area contributed by atoms with Crippen molar-refractivity contribution in [3.8, 4) is 0 Å². The van der Waals surface area contributed by atoms with Gasteiger partial charge in [-0.3, -0.25) is 9.78 Å². The first-order valence-electron chi connectivity index (χ1n) is 6.41. The summed E-state index contributed by atoms with van der Waals surface area (Å²) in [6, 6.07) is 3.52. The molecule has 1 amide bonds. The standard InChI is InChI=1S/C14H16N2O3S/c17-12(18)6-5-10-3-1-7-15-13(10)14(19)16-11-4-2-8-20-9-11/h1,3,5-7,11H,2,4,8-9H2,(H,16,19)(H,17,18)/b6-5+. The van der Waals surface area contributed by atoms with Gasteiger partial charge in [0.1, 0.15) is 5.69 Å². The Kier molecular flexibility index (Phi) is 5.17. The van der Waals surface area contributed by atoms with Crippen LogP contribution in [0.3, 0.4) is 0 Å². The summed E-state index contributed by atoms with van der Waals surface area (Å²) in [5.41, 5.74) is 0.774. The Morgan fingerprint density at radius 3 is 3.05 bits per heavy atom. The van der Waals surface area contributed by atoms with E-state index in [4.69, 9.17) is 5.11 Å². The smallest absolute Gasteiger partial charge is 0.328 e. The topological polar surface area (TPSA) is 79.3 Å². The van der Waals surface area contributed by atoms with Crippen molar-refractivity contribution < 1.29 is 14.7 Å². The van der Waals surface area contributed by atoms with E-state index in [1.54, 1.807) is 12.1 Å². The number of aromatic nitrogens is 1. The molecule has 20 heavy (non-hydrogen) atoms. The number of carboxylic acid groups (broad SMARTS) is 1. The number of hydrogen-bond acceptors (Lipinski definition) is 4. The first kappa shape index (κ1) is 14.6. The van der Waals surface area contributed by atoms with E-state index in [2.05, 4.69) is 10.3 Å². The molecule has 0 spiro atoms. The molecule has 1 saturated heterocycles. The number of nitrogens with zero attached hydrogens (tertiary/aromatic N) is 1. The van der Waals surface area contributed by atoms with Crippen molar-refractivity contribution in [3.05, 3.63) is 35.7 Å². The number of rotatable bonds is 4. The molecule has 1 aromatic heterocycles. The minimum Gasteiger partial charge on any atom is -0.478 e. The summed E-state index contributed by atoms with van der Waals surface area (Å²) in [5.74, 6) is 0.758. The Balaban J connectivity index is 2.10. The Hall–Kier alpha value is -1.82. The Labute approximate surface area is 121 Å². The Bertz CT molecular complexity index is 525. The van der Waals surface area contributed by atoms with Gasteiger partial charge in [0.2, 0.25) is 0 Å². The number of nitrogens with one attached hydrogen (secondary N) is 1. The highest BCUT2D eigenvalue weighted by Gasteiger charge is 2.19. The molecule has 1 atom stereocenters. The van der Waals surface area contributed by atoms with Gasteiger partial charge in [0, 0.05) is 29.6 Å². The van der Waals surface area contributed by atoms with Gasteiger partial charge in [0.15, 0.2) is 0 Å². The predicted molar refractivity (Wildman–Crippen MR) is 78.7 cm³/mol. The van der Waals surface area contributed by atoms with Crippen molar-refractivity contribution in [3.63, 3.8) is 0 Å². The predicted octanol–water partition coefficient (Wildman–Crippen LogP) is 1.80. The molecule has 1 aliphatic heterocycles. The lowest BCUT2D eigenvalue weighted by Crippen LogP contribution is -2.39. The second kappa shape index (κ2) is 7.09. The maximum Gasteiger partial charge on any atom is 0.328 e. The molecule has 106 valence electrons. The summed E-state index contributed by atoms with van der Waals surface area (Å²) in [5, 5.41) is 11.6. The monoisotopic (exact) mass is 292 g/mol. The molecule has 1 aliphatic rings. The zero-order valence-corrected chi connectivity index (χ0v) is 11.7. The van der Waals surface area contributed by atoms with Crippen LogP contribution >= 0.6 is 11.8 Å². The lowest BCUT2D eigenvalue weighted by Gasteiger charge is -2.22. The molecule has 1 aromatic rings. The molecule has 0 bridgehead atoms. The number of hydrogen-bond donors (Lipinski definition) is 2. The maximum atomic E-state index is 12.2. The molecule has 0 radical (unpaired) electrons. The van der Waals surface area contributed by atoms with Gasteiger partial charge in [-0.2, -0.15) is 11.8 Å². The van der Waals surface area contributed by atoms with Crippen LogP contribution in [0, 0.1) is 0 Å². The molecule has 6 heteroatoms. The number of carboxylic acids is 1. The van der Waals surface area contributed by atoms with Crippen LogP contribution in [0.1, 0.15) is 28.9 Å². The van der Waals surface area contributed by atoms with E-state index in [0.717, 1.165) is 30.4 Å². The van der Waals surface area contributed by atoms with Crippen LogP contribution in [-0.2, 0) is 4.79 Å². The van der Waals surface area contributed by atoms with Crippen LogP contribution in [0.2, 0.25) is 0 Å². The number of amides is 1. The van der Waals surface area contributed by atoms with Gasteiger partial charge in [0.05, 0.1) is 0 Å². The summed E-state index contributed by atoms with van der Waals surface area (Å²) in [6.45, 7) is 0. The van der Waals surface area contributed by atoms with Gasteiger partial charge < -0.3 is 10.4 Å². The molecule has 0 saturated carbocycles. The van der Waals surface area contributed by atoms with E-state index in [1.165, 1.54) is 12.3 Å². The summed E-state index contributed by atoms with van der Waals surface area (Å²) in [6.07, 6.45) is 6.00. The highest BCUT2D eigenvalue weighted by molar-refractivity contribution is 7.99. The fourth-order valence-electron chi connectivity index (χ4n) is 2.01. The Morgan fingerprint density at radius 2 is 2.35 bits per heavy atom. The highest BCUT2D eigenvalue weighted by Crippen LogP contribution is 2.17. The summed E-state index contributed by atoms with van der Waals surface area (Å²) < 4.78 is 0. The molecule has 2 N–H and O–H groups in total. The number of aliphatic carboxylic acids is 1. The molecule has 1 unspecified atom stereocenters. The number of carbonyl (C=O) groups excluding carboxylic acids is 1. The van der Waals surface area contributed by atoms with Gasteiger partial charge in [-0.1, -0.05) is 6.07 Å². The zero-order chi connectivity index (χ0) is 14.4. The van der Waals surface area contributed by atoms with Gasteiger partial charge >= 0.3 is 5.97 Å². The highest BCUT2D eigenvalue weighted by atomic mass is 32.2. The van der Waals surface area contributed by atoms with E-state index in [-0.39, 0.29) is 17.6 Å². The van der Waals surface area contributed by atoms with Crippen molar-refractivity contribution >= 4 is 29.7 Å². The zero-order valence-electron chi connectivity index (χ0n) is 10.9. The Morgan fingerprint density at radius 1 is 1.50 bits per heavy atom. The quantitative estimate of drug-likeness (QED) is 0.827. The number of thioether (sulfide) groups is 1. The van der Waals surface area contributed by atoms with Gasteiger partial charge in [0.25, 0.3) is 5.91 Å². The van der Waals surface area contributed by atoms with E-state index < -0.39 is 5.97 Å². The molecular formula is C14H16N2O3S. The van der Waals surface area contributed by atoms with Crippen LogP contribution in [0.5, 0.6) is 0 Å². The van der Waals surface area contributed by atoms with Crippen molar-refractivity contribution in [2.75, 3.05) is 11.5 Å². The minimum absolute atomic E-state index is 0.166. The molecule has 5 nitrogen and oxygen atoms in total. The summed E-state index contributed by atoms with van der Waals surface area (Å²) in [7, 11) is 0. The molecule has 1 fully saturated rings. The van der Waals surface area contributed by atoms with Crippen molar-refractivity contribution in [1.29, 1.82) is 0 Å². The maximum absolute atomic E-state index is 12.2. The fourth-order valence-corrected chi connectivity index (χ4v) is 3.08. The van der Waals surface area contributed by atoms with Crippen molar-refractivity contribution in [2.45, 2.75) is 18.9 Å². The lowest BCUT2D eigenvalue weighted by molar-refractivity contribution is -0.131. The average molecular weight is 292 g/mol. The SMILES string of the molecule is O=C(O)/C=C/c1cccnc1C(=O)NC1CCCSC1. The minimum atomic E-state index is -1.05. The molecule has 2 heterocycles. The van der Waals surface area contributed by atoms with Crippen molar-refractivity contribution in [2.24, 2.45) is 0 Å². The van der Waals surface area contributed by atoms with Crippen LogP contribution < -0.4 is 5.32 Å². The van der Waals surface area contributed by atoms with Crippen molar-refractivity contribution in [1.82, 2.24) is 10.3 Å². The average Bonchev–Trinajstić information content (AvgIpc) is 2.46. The largest absolute Gasteiger partial charge is 0.478 e. The summed E-state index contributed by atoms with van der Waals surface area (Å²) >= 11 is 1.83. The number of carbonyl (C=O) groups is 2. The van der Waals surface area contributed by atoms with Crippen LogP contribution in [0.15, 0.2) is 24.4 Å². The van der Waals surface area contributed by atoms with Crippen LogP contribution in [0.25, 0.3) is 6.08 Å². The third-order valence-electron chi connectivity index (χ3n) is 2.95. The van der Waals surface area contributed by atoms with E-state index >= 15 is 0 Å². The first-order chi connectivity index (χ1) is 9.66. The normalized spacial score (nSPS) is 18.9. The molecule has 0 aliphatic carbocycles. The van der Waals surface area contributed by atoms with E-state index in [9.17, 15) is 9.59 Å². The van der Waals surface area contributed by atoms with Gasteiger partial charge in [-0.15, -0.1) is 0 Å². The van der Waals surface area contributed by atoms with Gasteiger partial charge in [-0.25, -0.2) is 4.79 Å². The summed E-state index contributed by atoms with van der Waals surface area (Å²) in [4.78, 5) is 26.8. The molecule has 2 rings (SSSR count). The van der Waals surface area contributed by atoms with E-state index in [0.29, 0.717) is 5.56 Å². The van der Waals surface area contributed by atoms with Crippen LogP contribution in [-0.4, -0.2) is 39.5 Å². The molecule has 0 aromatic carbocycles. The van der Waals surface area contributed by atoms with Crippen LogP contribution in [0.4, 0.5) is 0 Å². The molecular weight excluding hydrogens is 276 g/mol. The first-order valence-corrected chi connectivity index (χ1v) is 7.57. The fraction of sp³-hybridized carbons (Fsp3) is 0.357. The second-order valence-corrected chi connectivity index (χ2v) is 5.65. The number of pyridine rings is 1. The lowest BCUT2D eigenvalue weighted by atomic mass is 10.1.